The van der Waals surface area contributed by atoms with Crippen molar-refractivity contribution in [3.63, 3.8) is 0 Å². The third-order valence-corrected chi connectivity index (χ3v) is 3.91. The minimum atomic E-state index is 0.422. The van der Waals surface area contributed by atoms with Crippen LogP contribution < -0.4 is 5.32 Å². The van der Waals surface area contributed by atoms with E-state index in [9.17, 15) is 0 Å². The lowest BCUT2D eigenvalue weighted by molar-refractivity contribution is 0.378. The monoisotopic (exact) mass is 259 g/mol. The molecule has 2 heterocycles. The first kappa shape index (κ1) is 12.4. The number of aromatic nitrogens is 4. The van der Waals surface area contributed by atoms with Crippen LogP contribution in [0.25, 0.3) is 0 Å². The molecule has 0 fully saturated rings. The number of aryl methyl sites for hydroxylation is 1. The molecule has 5 heteroatoms. The van der Waals surface area contributed by atoms with E-state index in [1.807, 2.05) is 36.6 Å². The Morgan fingerprint density at radius 2 is 2.42 bits per heavy atom. The Labute approximate surface area is 113 Å². The average molecular weight is 259 g/mol. The lowest BCUT2D eigenvalue weighted by Crippen LogP contribution is -2.35. The molecular weight excluding hydrogens is 238 g/mol. The molecule has 1 aliphatic rings. The molecule has 2 aromatic rings. The van der Waals surface area contributed by atoms with Crippen LogP contribution in [-0.4, -0.2) is 25.4 Å². The Bertz CT molecular complexity index is 528. The van der Waals surface area contributed by atoms with Gasteiger partial charge in [0.25, 0.3) is 0 Å². The third kappa shape index (κ3) is 2.56. The van der Waals surface area contributed by atoms with Crippen molar-refractivity contribution in [3.8, 4) is 0 Å². The predicted octanol–water partition coefficient (Wildman–Crippen LogP) is 1.67. The summed E-state index contributed by atoms with van der Waals surface area (Å²) in [5, 5.41) is 8.12. The Kier molecular flexibility index (Phi) is 3.38. The quantitative estimate of drug-likeness (QED) is 0.908. The minimum absolute atomic E-state index is 0.422. The summed E-state index contributed by atoms with van der Waals surface area (Å²) >= 11 is 0. The predicted molar refractivity (Wildman–Crippen MR) is 73.7 cm³/mol. The molecule has 2 atom stereocenters. The molecule has 1 aliphatic carbocycles. The molecule has 0 bridgehead atoms. The SMILES string of the molecule is CC(Cn1ccnc1)NC1CCCc2c1cnn2C. The highest BCUT2D eigenvalue weighted by atomic mass is 15.3. The molecule has 0 aliphatic heterocycles. The van der Waals surface area contributed by atoms with Crippen molar-refractivity contribution in [1.82, 2.24) is 24.6 Å². The number of hydrogen-bond donors (Lipinski definition) is 1. The van der Waals surface area contributed by atoms with Crippen LogP contribution in [0.2, 0.25) is 0 Å². The second-order valence-electron chi connectivity index (χ2n) is 5.44. The maximum Gasteiger partial charge on any atom is 0.0946 e. The maximum atomic E-state index is 4.39. The molecule has 19 heavy (non-hydrogen) atoms. The van der Waals surface area contributed by atoms with Gasteiger partial charge < -0.3 is 9.88 Å². The highest BCUT2D eigenvalue weighted by Gasteiger charge is 2.24. The molecular formula is C14H21N5. The van der Waals surface area contributed by atoms with Gasteiger partial charge in [0, 0.05) is 49.3 Å². The summed E-state index contributed by atoms with van der Waals surface area (Å²) in [7, 11) is 2.04. The molecule has 0 aromatic carbocycles. The number of hydrogen-bond acceptors (Lipinski definition) is 3. The normalized spacial score (nSPS) is 20.2. The van der Waals surface area contributed by atoms with Crippen molar-refractivity contribution < 1.29 is 0 Å². The van der Waals surface area contributed by atoms with Gasteiger partial charge >= 0.3 is 0 Å². The van der Waals surface area contributed by atoms with E-state index in [1.54, 1.807) is 0 Å². The Morgan fingerprint density at radius 3 is 3.21 bits per heavy atom. The Balaban J connectivity index is 1.67. The second-order valence-corrected chi connectivity index (χ2v) is 5.44. The summed E-state index contributed by atoms with van der Waals surface area (Å²) in [5.41, 5.74) is 2.77. The van der Waals surface area contributed by atoms with Crippen molar-refractivity contribution in [3.05, 3.63) is 36.2 Å². The van der Waals surface area contributed by atoms with E-state index in [2.05, 4.69) is 26.9 Å². The summed E-state index contributed by atoms with van der Waals surface area (Å²) < 4.78 is 4.13. The molecule has 0 amide bonds. The fourth-order valence-electron chi connectivity index (χ4n) is 2.99. The largest absolute Gasteiger partial charge is 0.336 e. The maximum absolute atomic E-state index is 4.39. The lowest BCUT2D eigenvalue weighted by atomic mass is 9.92. The van der Waals surface area contributed by atoms with Gasteiger partial charge in [0.1, 0.15) is 0 Å². The van der Waals surface area contributed by atoms with Crippen molar-refractivity contribution in [2.75, 3.05) is 0 Å². The number of fused-ring (bicyclic) bond motifs is 1. The minimum Gasteiger partial charge on any atom is -0.336 e. The fourth-order valence-corrected chi connectivity index (χ4v) is 2.99. The zero-order valence-electron chi connectivity index (χ0n) is 11.6. The molecule has 0 saturated heterocycles. The Hall–Kier alpha value is -1.62. The van der Waals surface area contributed by atoms with E-state index in [0.717, 1.165) is 13.0 Å². The van der Waals surface area contributed by atoms with Crippen molar-refractivity contribution >= 4 is 0 Å². The van der Waals surface area contributed by atoms with Crippen LogP contribution in [0.4, 0.5) is 0 Å². The zero-order chi connectivity index (χ0) is 13.2. The highest BCUT2D eigenvalue weighted by Crippen LogP contribution is 2.29. The second kappa shape index (κ2) is 5.17. The first-order chi connectivity index (χ1) is 9.24. The fraction of sp³-hybridized carbons (Fsp3) is 0.571. The highest BCUT2D eigenvalue weighted by molar-refractivity contribution is 5.24. The molecule has 5 nitrogen and oxygen atoms in total. The summed E-state index contributed by atoms with van der Waals surface area (Å²) in [5.74, 6) is 0. The first-order valence-electron chi connectivity index (χ1n) is 6.96. The van der Waals surface area contributed by atoms with E-state index in [-0.39, 0.29) is 0 Å². The first-order valence-corrected chi connectivity index (χ1v) is 6.96. The van der Waals surface area contributed by atoms with Crippen LogP contribution in [0.5, 0.6) is 0 Å². The zero-order valence-corrected chi connectivity index (χ0v) is 11.6. The standard InChI is InChI=1S/C14H21N5/c1-11(9-19-7-6-15-10-19)17-13-4-3-5-14-12(13)8-16-18(14)2/h6-8,10-11,13,17H,3-5,9H2,1-2H3. The van der Waals surface area contributed by atoms with Crippen molar-refractivity contribution in [2.45, 2.75) is 44.8 Å². The Morgan fingerprint density at radius 1 is 1.53 bits per heavy atom. The third-order valence-electron chi connectivity index (χ3n) is 3.91. The van der Waals surface area contributed by atoms with Gasteiger partial charge in [-0.1, -0.05) is 0 Å². The summed E-state index contributed by atoms with van der Waals surface area (Å²) in [6.07, 6.45) is 11.3. The van der Waals surface area contributed by atoms with Crippen LogP contribution in [0, 0.1) is 0 Å². The molecule has 0 radical (unpaired) electrons. The van der Waals surface area contributed by atoms with Gasteiger partial charge in [-0.05, 0) is 26.2 Å². The molecule has 2 aromatic heterocycles. The van der Waals surface area contributed by atoms with Gasteiger partial charge in [-0.25, -0.2) is 4.98 Å². The van der Waals surface area contributed by atoms with E-state index < -0.39 is 0 Å². The van der Waals surface area contributed by atoms with E-state index in [4.69, 9.17) is 0 Å². The van der Waals surface area contributed by atoms with Gasteiger partial charge in [0.2, 0.25) is 0 Å². The van der Waals surface area contributed by atoms with Gasteiger partial charge in [-0.15, -0.1) is 0 Å². The summed E-state index contributed by atoms with van der Waals surface area (Å²) in [6.45, 7) is 3.18. The summed E-state index contributed by atoms with van der Waals surface area (Å²) in [4.78, 5) is 4.08. The average Bonchev–Trinajstić information content (AvgIpc) is 3.01. The number of nitrogens with zero attached hydrogens (tertiary/aromatic N) is 4. The topological polar surface area (TPSA) is 47.7 Å². The van der Waals surface area contributed by atoms with Gasteiger partial charge in [0.15, 0.2) is 0 Å². The number of nitrogens with one attached hydrogen (secondary N) is 1. The molecule has 0 saturated carbocycles. The van der Waals surface area contributed by atoms with Crippen LogP contribution in [-0.2, 0) is 20.0 Å². The van der Waals surface area contributed by atoms with Crippen molar-refractivity contribution in [1.29, 1.82) is 0 Å². The lowest BCUT2D eigenvalue weighted by Gasteiger charge is -2.27. The number of imidazole rings is 1. The molecule has 0 spiro atoms. The van der Waals surface area contributed by atoms with Gasteiger partial charge in [-0.2, -0.15) is 5.10 Å². The molecule has 1 N–H and O–H groups in total. The van der Waals surface area contributed by atoms with Crippen LogP contribution in [0.15, 0.2) is 24.9 Å². The molecule has 3 rings (SSSR count). The smallest absolute Gasteiger partial charge is 0.0946 e. The van der Waals surface area contributed by atoms with Crippen LogP contribution in [0.3, 0.4) is 0 Å². The van der Waals surface area contributed by atoms with Crippen LogP contribution >= 0.6 is 0 Å². The van der Waals surface area contributed by atoms with E-state index >= 15 is 0 Å². The molecule has 2 unspecified atom stereocenters. The van der Waals surface area contributed by atoms with Gasteiger partial charge in [0.05, 0.1) is 12.5 Å². The molecule has 102 valence electrons. The van der Waals surface area contributed by atoms with Gasteiger partial charge in [-0.3, -0.25) is 4.68 Å². The van der Waals surface area contributed by atoms with Crippen molar-refractivity contribution in [2.24, 2.45) is 7.05 Å². The van der Waals surface area contributed by atoms with E-state index in [0.29, 0.717) is 12.1 Å². The summed E-state index contributed by atoms with van der Waals surface area (Å²) in [6, 6.07) is 0.862. The van der Waals surface area contributed by atoms with Crippen LogP contribution in [0.1, 0.15) is 37.1 Å². The van der Waals surface area contributed by atoms with E-state index in [1.165, 1.54) is 24.1 Å². The number of rotatable bonds is 4.